The molecule has 12 heavy (non-hydrogen) atoms. The Kier molecular flexibility index (Phi) is 3.43. The van der Waals surface area contributed by atoms with Crippen LogP contribution >= 0.6 is 0 Å². The third-order valence-corrected chi connectivity index (χ3v) is 1.26. The number of methoxy groups -OCH3 is 2. The zero-order valence-corrected chi connectivity index (χ0v) is 7.02. The van der Waals surface area contributed by atoms with Crippen LogP contribution in [0.1, 0.15) is 0 Å². The average molecular weight is 169 g/mol. The lowest BCUT2D eigenvalue weighted by molar-refractivity contribution is -0.0810. The highest BCUT2D eigenvalue weighted by molar-refractivity contribution is 5.29. The summed E-state index contributed by atoms with van der Waals surface area (Å²) in [4.78, 5) is 7.85. The summed E-state index contributed by atoms with van der Waals surface area (Å²) in [6.07, 6.45) is 4.29. The fourth-order valence-corrected chi connectivity index (χ4v) is 0.708. The zero-order chi connectivity index (χ0) is 8.81. The molecule has 0 aliphatic rings. The van der Waals surface area contributed by atoms with Gasteiger partial charge in [0, 0.05) is 26.6 Å². The first-order valence-corrected chi connectivity index (χ1v) is 3.45. The van der Waals surface area contributed by atoms with Gasteiger partial charge in [-0.15, -0.1) is 0 Å². The minimum Gasteiger partial charge on any atom is -0.339 e. The summed E-state index contributed by atoms with van der Waals surface area (Å²) in [5.74, 6) is 0.617. The van der Waals surface area contributed by atoms with Crippen LogP contribution in [0.2, 0.25) is 0 Å². The Labute approximate surface area is 70.7 Å². The smallest absolute Gasteiger partial charge is 0.238 e. The minimum absolute atomic E-state index is 0.485. The van der Waals surface area contributed by atoms with Gasteiger partial charge in [0.25, 0.3) is 0 Å². The van der Waals surface area contributed by atoms with E-state index in [9.17, 15) is 0 Å². The maximum absolute atomic E-state index is 4.90. The Bertz CT molecular complexity index is 213. The largest absolute Gasteiger partial charge is 0.339 e. The lowest BCUT2D eigenvalue weighted by atomic mass is 10.6. The van der Waals surface area contributed by atoms with E-state index in [4.69, 9.17) is 9.47 Å². The van der Waals surface area contributed by atoms with Gasteiger partial charge in [0.15, 0.2) is 0 Å². The van der Waals surface area contributed by atoms with Crippen molar-refractivity contribution in [3.8, 4) is 0 Å². The molecule has 66 valence electrons. The molecule has 0 spiro atoms. The van der Waals surface area contributed by atoms with E-state index in [1.54, 1.807) is 18.6 Å². The molecular weight excluding hydrogens is 158 g/mol. The summed E-state index contributed by atoms with van der Waals surface area (Å²) >= 11 is 0. The summed E-state index contributed by atoms with van der Waals surface area (Å²) in [7, 11) is 3.08. The van der Waals surface area contributed by atoms with Crippen LogP contribution in [-0.4, -0.2) is 30.6 Å². The Morgan fingerprint density at radius 3 is 2.58 bits per heavy atom. The van der Waals surface area contributed by atoms with Crippen LogP contribution in [0.5, 0.6) is 0 Å². The van der Waals surface area contributed by atoms with E-state index in [1.807, 2.05) is 0 Å². The molecule has 5 nitrogen and oxygen atoms in total. The van der Waals surface area contributed by atoms with E-state index in [0.29, 0.717) is 5.82 Å². The molecule has 0 bridgehead atoms. The van der Waals surface area contributed by atoms with Crippen LogP contribution in [0.25, 0.3) is 0 Å². The molecule has 0 atom stereocenters. The number of hydrogen-bond donors (Lipinski definition) is 1. The van der Waals surface area contributed by atoms with Crippen molar-refractivity contribution in [3.63, 3.8) is 0 Å². The Hall–Kier alpha value is -1.20. The quantitative estimate of drug-likeness (QED) is 0.664. The van der Waals surface area contributed by atoms with Crippen LogP contribution in [0.3, 0.4) is 0 Å². The zero-order valence-electron chi connectivity index (χ0n) is 7.02. The van der Waals surface area contributed by atoms with Crippen molar-refractivity contribution < 1.29 is 9.47 Å². The number of nitrogens with one attached hydrogen (secondary N) is 1. The summed E-state index contributed by atoms with van der Waals surface area (Å²) < 4.78 is 9.80. The van der Waals surface area contributed by atoms with Gasteiger partial charge in [-0.2, -0.15) is 0 Å². The number of aromatic nitrogens is 2. The number of hydrogen-bond acceptors (Lipinski definition) is 5. The molecule has 0 saturated heterocycles. The average Bonchev–Trinajstić information content (AvgIpc) is 2.16. The highest BCUT2D eigenvalue weighted by atomic mass is 16.7. The van der Waals surface area contributed by atoms with Gasteiger partial charge in [0.1, 0.15) is 5.82 Å². The van der Waals surface area contributed by atoms with Gasteiger partial charge in [0.2, 0.25) is 6.41 Å². The Balaban J connectivity index is 2.51. The van der Waals surface area contributed by atoms with E-state index in [1.165, 1.54) is 14.2 Å². The molecule has 0 unspecified atom stereocenters. The molecule has 0 fully saturated rings. The summed E-state index contributed by atoms with van der Waals surface area (Å²) in [6.45, 7) is 0. The maximum atomic E-state index is 4.90. The van der Waals surface area contributed by atoms with Gasteiger partial charge in [-0.05, 0) is 0 Å². The molecule has 1 N–H and O–H groups in total. The summed E-state index contributed by atoms with van der Waals surface area (Å²) in [5, 5.41) is 2.86. The van der Waals surface area contributed by atoms with Crippen molar-refractivity contribution in [1.29, 1.82) is 0 Å². The molecule has 0 saturated carbocycles. The fraction of sp³-hybridized carbons (Fsp3) is 0.429. The third-order valence-electron chi connectivity index (χ3n) is 1.26. The first-order chi connectivity index (χ1) is 5.86. The fourth-order valence-electron chi connectivity index (χ4n) is 0.708. The lowest BCUT2D eigenvalue weighted by Crippen LogP contribution is -2.23. The van der Waals surface area contributed by atoms with E-state index in [0.717, 1.165) is 0 Å². The van der Waals surface area contributed by atoms with Crippen molar-refractivity contribution in [1.82, 2.24) is 9.97 Å². The van der Waals surface area contributed by atoms with Crippen LogP contribution in [0.15, 0.2) is 18.6 Å². The van der Waals surface area contributed by atoms with Crippen molar-refractivity contribution in [2.45, 2.75) is 6.41 Å². The van der Waals surface area contributed by atoms with Crippen molar-refractivity contribution >= 4 is 5.82 Å². The van der Waals surface area contributed by atoms with Crippen LogP contribution in [0, 0.1) is 0 Å². The van der Waals surface area contributed by atoms with Gasteiger partial charge in [0.05, 0.1) is 6.20 Å². The Morgan fingerprint density at radius 2 is 2.08 bits per heavy atom. The second kappa shape index (κ2) is 4.63. The lowest BCUT2D eigenvalue weighted by Gasteiger charge is -2.14. The first-order valence-electron chi connectivity index (χ1n) is 3.45. The number of anilines is 1. The van der Waals surface area contributed by atoms with E-state index in [2.05, 4.69) is 15.3 Å². The molecule has 0 amide bonds. The predicted molar refractivity (Wildman–Crippen MR) is 43.5 cm³/mol. The normalized spacial score (nSPS) is 10.2. The summed E-state index contributed by atoms with van der Waals surface area (Å²) in [6, 6.07) is 0. The minimum atomic E-state index is -0.485. The molecule has 1 aromatic rings. The molecule has 5 heteroatoms. The topological polar surface area (TPSA) is 56.3 Å². The summed E-state index contributed by atoms with van der Waals surface area (Å²) in [5.41, 5.74) is 0. The molecule has 0 aromatic carbocycles. The molecular formula is C7H11N3O2. The molecule has 0 radical (unpaired) electrons. The maximum Gasteiger partial charge on any atom is 0.238 e. The monoisotopic (exact) mass is 169 g/mol. The van der Waals surface area contributed by atoms with Gasteiger partial charge in [-0.1, -0.05) is 0 Å². The molecule has 0 aliphatic carbocycles. The number of ether oxygens (including phenoxy) is 2. The molecule has 1 aromatic heterocycles. The Morgan fingerprint density at radius 1 is 1.33 bits per heavy atom. The van der Waals surface area contributed by atoms with E-state index in [-0.39, 0.29) is 0 Å². The van der Waals surface area contributed by atoms with Gasteiger partial charge < -0.3 is 14.8 Å². The van der Waals surface area contributed by atoms with Crippen molar-refractivity contribution in [2.75, 3.05) is 19.5 Å². The molecule has 1 heterocycles. The standard InChI is InChI=1S/C7H11N3O2/c1-11-7(12-2)10-6-5-8-3-4-9-6/h3-5,7H,1-2H3,(H,9,10). The van der Waals surface area contributed by atoms with Crippen molar-refractivity contribution in [3.05, 3.63) is 18.6 Å². The molecule has 1 rings (SSSR count). The van der Waals surface area contributed by atoms with E-state index >= 15 is 0 Å². The second-order valence-electron chi connectivity index (χ2n) is 2.04. The first kappa shape index (κ1) is 8.89. The van der Waals surface area contributed by atoms with Crippen molar-refractivity contribution in [2.24, 2.45) is 0 Å². The molecule has 0 aliphatic heterocycles. The highest BCUT2D eigenvalue weighted by Gasteiger charge is 2.03. The SMILES string of the molecule is COC(Nc1cnccn1)OC. The van der Waals surface area contributed by atoms with Gasteiger partial charge in [-0.3, -0.25) is 4.98 Å². The second-order valence-corrected chi connectivity index (χ2v) is 2.04. The van der Waals surface area contributed by atoms with Crippen LogP contribution in [-0.2, 0) is 9.47 Å². The van der Waals surface area contributed by atoms with Crippen LogP contribution < -0.4 is 5.32 Å². The van der Waals surface area contributed by atoms with Gasteiger partial charge >= 0.3 is 0 Å². The number of nitrogens with zero attached hydrogens (tertiary/aromatic N) is 2. The predicted octanol–water partition coefficient (Wildman–Crippen LogP) is 0.465. The highest BCUT2D eigenvalue weighted by Crippen LogP contribution is 2.00. The van der Waals surface area contributed by atoms with Crippen LogP contribution in [0.4, 0.5) is 5.82 Å². The number of rotatable bonds is 4. The third kappa shape index (κ3) is 2.44. The van der Waals surface area contributed by atoms with Gasteiger partial charge in [-0.25, -0.2) is 4.98 Å². The van der Waals surface area contributed by atoms with E-state index < -0.39 is 6.41 Å².